The van der Waals surface area contributed by atoms with Crippen LogP contribution in [0.1, 0.15) is 23.2 Å². The molecule has 7 heteroatoms. The first-order valence-corrected chi connectivity index (χ1v) is 8.11. The molecule has 0 radical (unpaired) electrons. The standard InChI is InChI=1S/C14H19N3O3S/c1-21-11-2-3-13(17(19)20)12(8-11)14(18)16-6-4-10(9-15)5-7-16/h2-3,8,10H,4-7,9,15H2,1H3. The van der Waals surface area contributed by atoms with Crippen LogP contribution in [-0.2, 0) is 0 Å². The van der Waals surface area contributed by atoms with Gasteiger partial charge in [-0.3, -0.25) is 14.9 Å². The molecule has 1 aliphatic rings. The van der Waals surface area contributed by atoms with Crippen molar-refractivity contribution < 1.29 is 9.72 Å². The maximum Gasteiger partial charge on any atom is 0.282 e. The first-order valence-electron chi connectivity index (χ1n) is 6.88. The molecule has 1 aromatic carbocycles. The van der Waals surface area contributed by atoms with Crippen molar-refractivity contribution >= 4 is 23.4 Å². The Balaban J connectivity index is 2.23. The van der Waals surface area contributed by atoms with Crippen LogP contribution in [0.25, 0.3) is 0 Å². The maximum atomic E-state index is 12.6. The number of piperidine rings is 1. The minimum Gasteiger partial charge on any atom is -0.338 e. The number of rotatable bonds is 4. The van der Waals surface area contributed by atoms with E-state index in [-0.39, 0.29) is 17.2 Å². The minimum absolute atomic E-state index is 0.126. The van der Waals surface area contributed by atoms with Gasteiger partial charge in [0.2, 0.25) is 0 Å². The first kappa shape index (κ1) is 15.8. The summed E-state index contributed by atoms with van der Waals surface area (Å²) in [7, 11) is 0. The molecular weight excluding hydrogens is 290 g/mol. The second kappa shape index (κ2) is 6.91. The van der Waals surface area contributed by atoms with Gasteiger partial charge in [-0.1, -0.05) is 0 Å². The summed E-state index contributed by atoms with van der Waals surface area (Å²) in [4.78, 5) is 25.7. The van der Waals surface area contributed by atoms with Crippen LogP contribution in [0.4, 0.5) is 5.69 Å². The van der Waals surface area contributed by atoms with Gasteiger partial charge >= 0.3 is 0 Å². The zero-order valence-electron chi connectivity index (χ0n) is 11.9. The summed E-state index contributed by atoms with van der Waals surface area (Å²) in [6.07, 6.45) is 3.60. The number of hydrogen-bond acceptors (Lipinski definition) is 5. The molecule has 6 nitrogen and oxygen atoms in total. The summed E-state index contributed by atoms with van der Waals surface area (Å²) in [6.45, 7) is 1.85. The maximum absolute atomic E-state index is 12.6. The number of nitro groups is 1. The second-order valence-corrected chi connectivity index (χ2v) is 5.99. The third kappa shape index (κ3) is 3.54. The molecule has 1 aromatic rings. The SMILES string of the molecule is CSc1ccc([N+](=O)[O-])c(C(=O)N2CCC(CN)CC2)c1. The number of amides is 1. The number of carbonyl (C=O) groups is 1. The Morgan fingerprint density at radius 2 is 2.14 bits per heavy atom. The van der Waals surface area contributed by atoms with E-state index in [9.17, 15) is 14.9 Å². The lowest BCUT2D eigenvalue weighted by molar-refractivity contribution is -0.385. The molecule has 2 N–H and O–H groups in total. The highest BCUT2D eigenvalue weighted by molar-refractivity contribution is 7.98. The van der Waals surface area contributed by atoms with Crippen molar-refractivity contribution in [1.82, 2.24) is 4.90 Å². The topological polar surface area (TPSA) is 89.5 Å². The van der Waals surface area contributed by atoms with Gasteiger partial charge in [0.25, 0.3) is 11.6 Å². The van der Waals surface area contributed by atoms with Crippen LogP contribution in [-0.4, -0.2) is 41.6 Å². The molecular formula is C14H19N3O3S. The van der Waals surface area contributed by atoms with Crippen molar-refractivity contribution in [1.29, 1.82) is 0 Å². The summed E-state index contributed by atoms with van der Waals surface area (Å²) in [5, 5.41) is 11.1. The molecule has 0 spiro atoms. The summed E-state index contributed by atoms with van der Waals surface area (Å²) < 4.78 is 0. The van der Waals surface area contributed by atoms with Crippen molar-refractivity contribution in [3.63, 3.8) is 0 Å². The molecule has 0 atom stereocenters. The van der Waals surface area contributed by atoms with Crippen LogP contribution in [0, 0.1) is 16.0 Å². The van der Waals surface area contributed by atoms with Gasteiger partial charge in [0.05, 0.1) is 4.92 Å². The number of thioether (sulfide) groups is 1. The molecule has 1 amide bonds. The Morgan fingerprint density at radius 3 is 2.67 bits per heavy atom. The van der Waals surface area contributed by atoms with Crippen LogP contribution in [0.2, 0.25) is 0 Å². The third-order valence-corrected chi connectivity index (χ3v) is 4.59. The average Bonchev–Trinajstić information content (AvgIpc) is 2.53. The van der Waals surface area contributed by atoms with Crippen molar-refractivity contribution in [2.75, 3.05) is 25.9 Å². The molecule has 1 aliphatic heterocycles. The number of hydrogen-bond donors (Lipinski definition) is 1. The predicted octanol–water partition coefficient (Wildman–Crippen LogP) is 2.13. The molecule has 2 rings (SSSR count). The van der Waals surface area contributed by atoms with E-state index in [1.165, 1.54) is 17.8 Å². The Bertz CT molecular complexity index is 542. The van der Waals surface area contributed by atoms with Gasteiger partial charge in [-0.05, 0) is 43.7 Å². The van der Waals surface area contributed by atoms with E-state index < -0.39 is 4.92 Å². The van der Waals surface area contributed by atoms with Crippen molar-refractivity contribution in [3.05, 3.63) is 33.9 Å². The number of likely N-dealkylation sites (tertiary alicyclic amines) is 1. The fourth-order valence-corrected chi connectivity index (χ4v) is 2.95. The second-order valence-electron chi connectivity index (χ2n) is 5.11. The summed E-state index contributed by atoms with van der Waals surface area (Å²) in [5.41, 5.74) is 5.69. The number of nitro benzene ring substituents is 1. The number of nitrogens with two attached hydrogens (primary N) is 1. The monoisotopic (exact) mass is 309 g/mol. The van der Waals surface area contributed by atoms with Gasteiger partial charge in [-0.2, -0.15) is 0 Å². The van der Waals surface area contributed by atoms with Gasteiger partial charge in [0.15, 0.2) is 0 Å². The number of benzene rings is 1. The lowest BCUT2D eigenvalue weighted by Crippen LogP contribution is -2.40. The fraction of sp³-hybridized carbons (Fsp3) is 0.500. The van der Waals surface area contributed by atoms with E-state index in [4.69, 9.17) is 5.73 Å². The normalized spacial score (nSPS) is 16.0. The molecule has 0 saturated carbocycles. The molecule has 21 heavy (non-hydrogen) atoms. The largest absolute Gasteiger partial charge is 0.338 e. The minimum atomic E-state index is -0.496. The summed E-state index contributed by atoms with van der Waals surface area (Å²) in [6, 6.07) is 4.69. The fourth-order valence-electron chi connectivity index (χ4n) is 2.51. The quantitative estimate of drug-likeness (QED) is 0.523. The zero-order chi connectivity index (χ0) is 15.4. The lowest BCUT2D eigenvalue weighted by Gasteiger charge is -2.31. The van der Waals surface area contributed by atoms with Crippen LogP contribution < -0.4 is 5.73 Å². The number of carbonyl (C=O) groups excluding carboxylic acids is 1. The van der Waals surface area contributed by atoms with Crippen molar-refractivity contribution in [2.24, 2.45) is 11.7 Å². The van der Waals surface area contributed by atoms with E-state index in [2.05, 4.69) is 0 Å². The van der Waals surface area contributed by atoms with Crippen LogP contribution in [0.15, 0.2) is 23.1 Å². The molecule has 1 saturated heterocycles. The van der Waals surface area contributed by atoms with Crippen LogP contribution in [0.5, 0.6) is 0 Å². The molecule has 1 fully saturated rings. The van der Waals surface area contributed by atoms with E-state index in [0.29, 0.717) is 25.6 Å². The highest BCUT2D eigenvalue weighted by Crippen LogP contribution is 2.27. The first-order chi connectivity index (χ1) is 10.1. The van der Waals surface area contributed by atoms with E-state index >= 15 is 0 Å². The smallest absolute Gasteiger partial charge is 0.282 e. The molecule has 1 heterocycles. The lowest BCUT2D eigenvalue weighted by atomic mass is 9.96. The molecule has 114 valence electrons. The Kier molecular flexibility index (Phi) is 5.19. The summed E-state index contributed by atoms with van der Waals surface area (Å²) >= 11 is 1.46. The zero-order valence-corrected chi connectivity index (χ0v) is 12.8. The van der Waals surface area contributed by atoms with Gasteiger partial charge in [-0.15, -0.1) is 11.8 Å². The Hall–Kier alpha value is -1.60. The van der Waals surface area contributed by atoms with Crippen LogP contribution >= 0.6 is 11.8 Å². The predicted molar refractivity (Wildman–Crippen MR) is 82.6 cm³/mol. The van der Waals surface area contributed by atoms with Gasteiger partial charge in [-0.25, -0.2) is 0 Å². The van der Waals surface area contributed by atoms with Gasteiger partial charge in [0, 0.05) is 24.1 Å². The highest BCUT2D eigenvalue weighted by Gasteiger charge is 2.28. The van der Waals surface area contributed by atoms with Crippen LogP contribution in [0.3, 0.4) is 0 Å². The highest BCUT2D eigenvalue weighted by atomic mass is 32.2. The summed E-state index contributed by atoms with van der Waals surface area (Å²) in [5.74, 6) is 0.189. The molecule has 0 aliphatic carbocycles. The van der Waals surface area contributed by atoms with E-state index in [0.717, 1.165) is 17.7 Å². The van der Waals surface area contributed by atoms with E-state index in [1.54, 1.807) is 17.0 Å². The van der Waals surface area contributed by atoms with Crippen molar-refractivity contribution in [2.45, 2.75) is 17.7 Å². The molecule has 0 unspecified atom stereocenters. The van der Waals surface area contributed by atoms with E-state index in [1.807, 2.05) is 6.26 Å². The molecule has 0 bridgehead atoms. The van der Waals surface area contributed by atoms with Gasteiger partial charge in [0.1, 0.15) is 5.56 Å². The van der Waals surface area contributed by atoms with Crippen molar-refractivity contribution in [3.8, 4) is 0 Å². The average molecular weight is 309 g/mol. The number of nitrogens with zero attached hydrogens (tertiary/aromatic N) is 2. The van der Waals surface area contributed by atoms with Gasteiger partial charge < -0.3 is 10.6 Å². The third-order valence-electron chi connectivity index (χ3n) is 3.87. The Labute approximate surface area is 127 Å². The Morgan fingerprint density at radius 1 is 1.48 bits per heavy atom. The molecule has 0 aromatic heterocycles.